The molecule has 1 aliphatic rings. The molecule has 1 saturated heterocycles. The van der Waals surface area contributed by atoms with Gasteiger partial charge in [0.25, 0.3) is 0 Å². The van der Waals surface area contributed by atoms with Crippen LogP contribution in [-0.4, -0.2) is 30.9 Å². The van der Waals surface area contributed by atoms with E-state index in [9.17, 15) is 9.59 Å². The van der Waals surface area contributed by atoms with Gasteiger partial charge in [-0.2, -0.15) is 9.78 Å². The van der Waals surface area contributed by atoms with Crippen molar-refractivity contribution in [2.75, 3.05) is 13.2 Å². The minimum absolute atomic E-state index is 0.0592. The molecule has 0 unspecified atom stereocenters. The lowest BCUT2D eigenvalue weighted by Crippen LogP contribution is -2.30. The van der Waals surface area contributed by atoms with E-state index in [0.717, 1.165) is 0 Å². The van der Waals surface area contributed by atoms with E-state index in [-0.39, 0.29) is 36.2 Å². The summed E-state index contributed by atoms with van der Waals surface area (Å²) in [5.41, 5.74) is -0.182. The molecule has 0 aromatic carbocycles. The summed E-state index contributed by atoms with van der Waals surface area (Å²) >= 11 is 0. The molecule has 1 rings (SSSR count). The van der Waals surface area contributed by atoms with Gasteiger partial charge in [-0.1, -0.05) is 41.5 Å². The fourth-order valence-corrected chi connectivity index (χ4v) is 1.53. The Labute approximate surface area is 132 Å². The first-order valence-electron chi connectivity index (χ1n) is 7.63. The fraction of sp³-hybridized carbons (Fsp3) is 0.875. The van der Waals surface area contributed by atoms with Crippen molar-refractivity contribution in [3.63, 3.8) is 0 Å². The standard InChI is InChI=1S/C16H28O6/c1-14(2,3)10-19-12(17)8-7-9-16(21-22-16)13(18)20-11-15(4,5)6/h7-11H2,1-6H3. The van der Waals surface area contributed by atoms with E-state index >= 15 is 0 Å². The molecular weight excluding hydrogens is 288 g/mol. The first-order valence-corrected chi connectivity index (χ1v) is 7.63. The van der Waals surface area contributed by atoms with E-state index in [1.807, 2.05) is 41.5 Å². The summed E-state index contributed by atoms with van der Waals surface area (Å²) < 4.78 is 10.3. The Morgan fingerprint density at radius 3 is 1.86 bits per heavy atom. The number of carbonyl (C=O) groups excluding carboxylic acids is 2. The predicted octanol–water partition coefficient (Wildman–Crippen LogP) is 2.99. The molecular formula is C16H28O6. The molecule has 0 radical (unpaired) electrons. The summed E-state index contributed by atoms with van der Waals surface area (Å²) in [6, 6.07) is 0. The summed E-state index contributed by atoms with van der Waals surface area (Å²) in [5.74, 6) is -2.14. The first-order chi connectivity index (χ1) is 9.94. The van der Waals surface area contributed by atoms with Crippen LogP contribution < -0.4 is 0 Å². The molecule has 1 fully saturated rings. The molecule has 0 spiro atoms. The molecule has 0 bridgehead atoms. The Kier molecular flexibility index (Phi) is 5.98. The smallest absolute Gasteiger partial charge is 0.372 e. The van der Waals surface area contributed by atoms with Crippen LogP contribution in [0.5, 0.6) is 0 Å². The van der Waals surface area contributed by atoms with Crippen LogP contribution in [-0.2, 0) is 28.8 Å². The second-order valence-electron chi connectivity index (χ2n) is 8.13. The number of hydrogen-bond donors (Lipinski definition) is 0. The normalized spacial score (nSPS) is 17.0. The van der Waals surface area contributed by atoms with Crippen molar-refractivity contribution in [2.24, 2.45) is 10.8 Å². The van der Waals surface area contributed by atoms with Crippen LogP contribution in [0.4, 0.5) is 0 Å². The molecule has 0 atom stereocenters. The highest BCUT2D eigenvalue weighted by Crippen LogP contribution is 2.36. The Balaban J connectivity index is 2.26. The molecule has 0 saturated carbocycles. The van der Waals surface area contributed by atoms with E-state index in [4.69, 9.17) is 19.2 Å². The summed E-state index contributed by atoms with van der Waals surface area (Å²) in [7, 11) is 0. The lowest BCUT2D eigenvalue weighted by Gasteiger charge is -2.19. The zero-order valence-electron chi connectivity index (χ0n) is 14.5. The van der Waals surface area contributed by atoms with Gasteiger partial charge in [-0.25, -0.2) is 4.79 Å². The summed E-state index contributed by atoms with van der Waals surface area (Å²) in [4.78, 5) is 33.1. The van der Waals surface area contributed by atoms with Gasteiger partial charge in [0, 0.05) is 12.8 Å². The van der Waals surface area contributed by atoms with Gasteiger partial charge in [-0.15, -0.1) is 0 Å². The number of rotatable bonds is 7. The van der Waals surface area contributed by atoms with Gasteiger partial charge in [-0.3, -0.25) is 4.79 Å². The second-order valence-corrected chi connectivity index (χ2v) is 8.13. The second kappa shape index (κ2) is 6.96. The maximum atomic E-state index is 11.9. The van der Waals surface area contributed by atoms with E-state index in [1.54, 1.807) is 0 Å². The minimum Gasteiger partial charge on any atom is -0.465 e. The largest absolute Gasteiger partial charge is 0.465 e. The van der Waals surface area contributed by atoms with Crippen molar-refractivity contribution in [3.05, 3.63) is 0 Å². The lowest BCUT2D eigenvalue weighted by atomic mass is 9.98. The third kappa shape index (κ3) is 7.22. The van der Waals surface area contributed by atoms with Crippen LogP contribution in [0.1, 0.15) is 60.8 Å². The van der Waals surface area contributed by atoms with E-state index in [1.165, 1.54) is 0 Å². The van der Waals surface area contributed by atoms with Gasteiger partial charge in [0.1, 0.15) is 0 Å². The molecule has 1 heterocycles. The van der Waals surface area contributed by atoms with Crippen LogP contribution in [0.15, 0.2) is 0 Å². The highest BCUT2D eigenvalue weighted by Gasteiger charge is 2.58. The molecule has 1 aliphatic heterocycles. The third-order valence-electron chi connectivity index (χ3n) is 2.78. The lowest BCUT2D eigenvalue weighted by molar-refractivity contribution is -0.155. The zero-order chi connectivity index (χ0) is 17.0. The number of esters is 2. The van der Waals surface area contributed by atoms with Crippen molar-refractivity contribution in [1.29, 1.82) is 0 Å². The van der Waals surface area contributed by atoms with Crippen molar-refractivity contribution < 1.29 is 28.8 Å². The molecule has 6 heteroatoms. The zero-order valence-corrected chi connectivity index (χ0v) is 14.5. The summed E-state index contributed by atoms with van der Waals surface area (Å²) in [6.45, 7) is 12.5. The molecule has 22 heavy (non-hydrogen) atoms. The molecule has 0 N–H and O–H groups in total. The Bertz CT molecular complexity index is 398. The van der Waals surface area contributed by atoms with Crippen LogP contribution in [0.25, 0.3) is 0 Å². The van der Waals surface area contributed by atoms with Crippen LogP contribution in [0, 0.1) is 10.8 Å². The average Bonchev–Trinajstić information content (AvgIpc) is 3.13. The SMILES string of the molecule is CC(C)(C)COC(=O)CCCC1(C(=O)OCC(C)(C)C)OO1. The molecule has 0 aliphatic carbocycles. The quantitative estimate of drug-likeness (QED) is 0.408. The van der Waals surface area contributed by atoms with E-state index in [2.05, 4.69) is 0 Å². The third-order valence-corrected chi connectivity index (χ3v) is 2.78. The first kappa shape index (κ1) is 18.9. The molecule has 6 nitrogen and oxygen atoms in total. The highest BCUT2D eigenvalue weighted by atomic mass is 17.4. The molecule has 0 aromatic heterocycles. The Morgan fingerprint density at radius 2 is 1.41 bits per heavy atom. The van der Waals surface area contributed by atoms with Gasteiger partial charge in [-0.05, 0) is 17.3 Å². The Morgan fingerprint density at radius 1 is 0.909 bits per heavy atom. The van der Waals surface area contributed by atoms with Crippen molar-refractivity contribution in [2.45, 2.75) is 66.6 Å². The number of ether oxygens (including phenoxy) is 2. The van der Waals surface area contributed by atoms with Gasteiger partial charge >= 0.3 is 17.7 Å². The fourth-order valence-electron chi connectivity index (χ4n) is 1.53. The Hall–Kier alpha value is -1.14. The van der Waals surface area contributed by atoms with Gasteiger partial charge in [0.2, 0.25) is 0 Å². The minimum atomic E-state index is -1.32. The molecule has 128 valence electrons. The van der Waals surface area contributed by atoms with Gasteiger partial charge in [0.15, 0.2) is 0 Å². The topological polar surface area (TPSA) is 77.7 Å². The highest BCUT2D eigenvalue weighted by molar-refractivity contribution is 5.79. The maximum absolute atomic E-state index is 11.9. The number of hydrogen-bond acceptors (Lipinski definition) is 6. The van der Waals surface area contributed by atoms with Crippen LogP contribution >= 0.6 is 0 Å². The van der Waals surface area contributed by atoms with E-state index in [0.29, 0.717) is 13.0 Å². The van der Waals surface area contributed by atoms with E-state index < -0.39 is 11.8 Å². The van der Waals surface area contributed by atoms with Crippen molar-refractivity contribution in [3.8, 4) is 0 Å². The summed E-state index contributed by atoms with van der Waals surface area (Å²) in [5, 5.41) is 0. The maximum Gasteiger partial charge on any atom is 0.372 e. The summed E-state index contributed by atoms with van der Waals surface area (Å²) in [6.07, 6.45) is 0.936. The van der Waals surface area contributed by atoms with Crippen LogP contribution in [0.2, 0.25) is 0 Å². The molecule has 0 amide bonds. The van der Waals surface area contributed by atoms with Crippen LogP contribution in [0.3, 0.4) is 0 Å². The molecule has 0 aromatic rings. The predicted molar refractivity (Wildman–Crippen MR) is 79.6 cm³/mol. The average molecular weight is 316 g/mol. The van der Waals surface area contributed by atoms with Gasteiger partial charge in [0.05, 0.1) is 13.2 Å². The number of carbonyl (C=O) groups is 2. The van der Waals surface area contributed by atoms with Crippen molar-refractivity contribution >= 4 is 11.9 Å². The van der Waals surface area contributed by atoms with Gasteiger partial charge < -0.3 is 9.47 Å². The van der Waals surface area contributed by atoms with Crippen molar-refractivity contribution in [1.82, 2.24) is 0 Å². The monoisotopic (exact) mass is 316 g/mol.